The molecule has 2 aromatic rings. The van der Waals surface area contributed by atoms with Crippen LogP contribution in [-0.4, -0.2) is 11.6 Å². The minimum atomic E-state index is -0.350. The summed E-state index contributed by atoms with van der Waals surface area (Å²) >= 11 is 0. The van der Waals surface area contributed by atoms with Crippen molar-refractivity contribution in [2.24, 2.45) is 0 Å². The Morgan fingerprint density at radius 1 is 0.750 bits per heavy atom. The Labute approximate surface area is 115 Å². The van der Waals surface area contributed by atoms with Crippen molar-refractivity contribution in [1.29, 1.82) is 0 Å². The number of carbonyl (C=O) groups is 2. The maximum atomic E-state index is 12.6. The van der Waals surface area contributed by atoms with Gasteiger partial charge in [0.05, 0.1) is 16.7 Å². The van der Waals surface area contributed by atoms with Crippen molar-refractivity contribution in [3.8, 4) is 0 Å². The SMILES string of the molecule is Cc1cc(N)c2c(c1)C(=O)c1c(N)ccc(N)c1C2=O. The topological polar surface area (TPSA) is 112 Å². The van der Waals surface area contributed by atoms with E-state index in [4.69, 9.17) is 17.2 Å². The molecular weight excluding hydrogens is 254 g/mol. The number of anilines is 3. The lowest BCUT2D eigenvalue weighted by atomic mass is 9.81. The second kappa shape index (κ2) is 3.84. The van der Waals surface area contributed by atoms with Gasteiger partial charge < -0.3 is 17.2 Å². The smallest absolute Gasteiger partial charge is 0.198 e. The molecule has 0 bridgehead atoms. The predicted octanol–water partition coefficient (Wildman–Crippen LogP) is 1.52. The molecule has 5 heteroatoms. The van der Waals surface area contributed by atoms with E-state index < -0.39 is 0 Å². The van der Waals surface area contributed by atoms with Crippen LogP contribution in [0, 0.1) is 6.92 Å². The number of ketones is 2. The summed E-state index contributed by atoms with van der Waals surface area (Å²) in [7, 11) is 0. The Bertz CT molecular complexity index is 794. The quantitative estimate of drug-likeness (QED) is 0.534. The maximum Gasteiger partial charge on any atom is 0.198 e. The number of aryl methyl sites for hydroxylation is 1. The highest BCUT2D eigenvalue weighted by molar-refractivity contribution is 6.33. The molecule has 2 aromatic carbocycles. The highest BCUT2D eigenvalue weighted by Gasteiger charge is 2.34. The highest BCUT2D eigenvalue weighted by atomic mass is 16.1. The van der Waals surface area contributed by atoms with Gasteiger partial charge in [0.2, 0.25) is 0 Å². The monoisotopic (exact) mass is 267 g/mol. The Balaban J connectivity index is 2.43. The first-order valence-electron chi connectivity index (χ1n) is 6.09. The Kier molecular flexibility index (Phi) is 2.34. The number of hydrogen-bond donors (Lipinski definition) is 3. The van der Waals surface area contributed by atoms with E-state index in [0.717, 1.165) is 5.56 Å². The first-order chi connectivity index (χ1) is 9.41. The van der Waals surface area contributed by atoms with E-state index >= 15 is 0 Å². The molecule has 0 saturated carbocycles. The number of rotatable bonds is 0. The van der Waals surface area contributed by atoms with Crippen molar-refractivity contribution in [3.63, 3.8) is 0 Å². The Hall–Kier alpha value is -2.82. The van der Waals surface area contributed by atoms with Gasteiger partial charge in [0.1, 0.15) is 0 Å². The van der Waals surface area contributed by atoms with E-state index in [9.17, 15) is 9.59 Å². The number of nitrogen functional groups attached to an aromatic ring is 3. The van der Waals surface area contributed by atoms with Crippen LogP contribution >= 0.6 is 0 Å². The zero-order valence-corrected chi connectivity index (χ0v) is 10.9. The van der Waals surface area contributed by atoms with Crippen LogP contribution in [0.2, 0.25) is 0 Å². The molecule has 20 heavy (non-hydrogen) atoms. The van der Waals surface area contributed by atoms with Crippen molar-refractivity contribution in [2.45, 2.75) is 6.92 Å². The third kappa shape index (κ3) is 1.43. The van der Waals surface area contributed by atoms with Crippen LogP contribution in [0.15, 0.2) is 24.3 Å². The van der Waals surface area contributed by atoms with E-state index in [1.54, 1.807) is 12.1 Å². The van der Waals surface area contributed by atoms with Gasteiger partial charge in [0.25, 0.3) is 0 Å². The average molecular weight is 267 g/mol. The lowest BCUT2D eigenvalue weighted by Crippen LogP contribution is -2.25. The second-order valence-electron chi connectivity index (χ2n) is 4.93. The lowest BCUT2D eigenvalue weighted by molar-refractivity contribution is 0.0981. The van der Waals surface area contributed by atoms with Crippen LogP contribution < -0.4 is 17.2 Å². The van der Waals surface area contributed by atoms with Crippen LogP contribution in [0.1, 0.15) is 37.4 Å². The van der Waals surface area contributed by atoms with Gasteiger partial charge in [-0.15, -0.1) is 0 Å². The van der Waals surface area contributed by atoms with E-state index in [0.29, 0.717) is 0 Å². The zero-order chi connectivity index (χ0) is 14.6. The van der Waals surface area contributed by atoms with E-state index in [2.05, 4.69) is 0 Å². The van der Waals surface area contributed by atoms with Crippen LogP contribution in [0.3, 0.4) is 0 Å². The van der Waals surface area contributed by atoms with E-state index in [1.165, 1.54) is 12.1 Å². The van der Waals surface area contributed by atoms with Crippen LogP contribution in [-0.2, 0) is 0 Å². The van der Waals surface area contributed by atoms with Gasteiger partial charge in [-0.3, -0.25) is 9.59 Å². The van der Waals surface area contributed by atoms with Crippen molar-refractivity contribution in [3.05, 3.63) is 52.1 Å². The molecule has 0 aromatic heterocycles. The summed E-state index contributed by atoms with van der Waals surface area (Å²) in [5, 5.41) is 0. The molecule has 0 heterocycles. The fourth-order valence-corrected chi connectivity index (χ4v) is 2.63. The average Bonchev–Trinajstić information content (AvgIpc) is 2.37. The van der Waals surface area contributed by atoms with Crippen molar-refractivity contribution < 1.29 is 9.59 Å². The van der Waals surface area contributed by atoms with Gasteiger partial charge in [-0.25, -0.2) is 0 Å². The number of nitrogens with two attached hydrogens (primary N) is 3. The highest BCUT2D eigenvalue weighted by Crippen LogP contribution is 2.36. The molecule has 0 amide bonds. The summed E-state index contributed by atoms with van der Waals surface area (Å²) in [5.41, 5.74) is 20.0. The van der Waals surface area contributed by atoms with Gasteiger partial charge in [0, 0.05) is 22.6 Å². The molecule has 0 fully saturated rings. The van der Waals surface area contributed by atoms with Gasteiger partial charge in [-0.1, -0.05) is 0 Å². The fourth-order valence-electron chi connectivity index (χ4n) is 2.63. The molecule has 0 saturated heterocycles. The van der Waals surface area contributed by atoms with Gasteiger partial charge in [-0.2, -0.15) is 0 Å². The summed E-state index contributed by atoms with van der Waals surface area (Å²) in [6, 6.07) is 6.37. The number of fused-ring (bicyclic) bond motifs is 2. The van der Waals surface area contributed by atoms with Crippen molar-refractivity contribution in [2.75, 3.05) is 17.2 Å². The molecule has 0 aliphatic heterocycles. The number of carbonyl (C=O) groups excluding carboxylic acids is 2. The van der Waals surface area contributed by atoms with Crippen molar-refractivity contribution >= 4 is 28.6 Å². The molecule has 6 N–H and O–H groups in total. The van der Waals surface area contributed by atoms with Gasteiger partial charge in [0.15, 0.2) is 11.6 Å². The van der Waals surface area contributed by atoms with E-state index in [1.807, 2.05) is 6.92 Å². The third-order valence-electron chi connectivity index (χ3n) is 3.51. The summed E-state index contributed by atoms with van der Waals surface area (Å²) in [5.74, 6) is -0.660. The molecule has 0 radical (unpaired) electrons. The predicted molar refractivity (Wildman–Crippen MR) is 77.7 cm³/mol. The minimum absolute atomic E-state index is 0.151. The number of hydrogen-bond acceptors (Lipinski definition) is 5. The fraction of sp³-hybridized carbons (Fsp3) is 0.0667. The molecule has 3 rings (SSSR count). The van der Waals surface area contributed by atoms with Crippen LogP contribution in [0.4, 0.5) is 17.1 Å². The molecule has 5 nitrogen and oxygen atoms in total. The second-order valence-corrected chi connectivity index (χ2v) is 4.93. The minimum Gasteiger partial charge on any atom is -0.398 e. The van der Waals surface area contributed by atoms with E-state index in [-0.39, 0.29) is 50.9 Å². The summed E-state index contributed by atoms with van der Waals surface area (Å²) in [6.45, 7) is 1.81. The molecule has 0 spiro atoms. The molecule has 1 aliphatic carbocycles. The van der Waals surface area contributed by atoms with Gasteiger partial charge in [-0.05, 0) is 36.8 Å². The maximum absolute atomic E-state index is 12.6. The largest absolute Gasteiger partial charge is 0.398 e. The van der Waals surface area contributed by atoms with Crippen LogP contribution in [0.25, 0.3) is 0 Å². The lowest BCUT2D eigenvalue weighted by Gasteiger charge is -2.22. The summed E-state index contributed by atoms with van der Waals surface area (Å²) < 4.78 is 0. The van der Waals surface area contributed by atoms with Crippen molar-refractivity contribution in [1.82, 2.24) is 0 Å². The zero-order valence-electron chi connectivity index (χ0n) is 10.9. The first kappa shape index (κ1) is 12.2. The molecule has 1 aliphatic rings. The molecular formula is C15H13N3O2. The summed E-state index contributed by atoms with van der Waals surface area (Å²) in [4.78, 5) is 25.2. The molecule has 0 atom stereocenters. The van der Waals surface area contributed by atoms with Gasteiger partial charge >= 0.3 is 0 Å². The van der Waals surface area contributed by atoms with Crippen LogP contribution in [0.5, 0.6) is 0 Å². The molecule has 0 unspecified atom stereocenters. The summed E-state index contributed by atoms with van der Waals surface area (Å²) in [6.07, 6.45) is 0. The molecule has 100 valence electrons. The Morgan fingerprint density at radius 3 is 1.90 bits per heavy atom. The first-order valence-corrected chi connectivity index (χ1v) is 6.09. The standard InChI is InChI=1S/C15H13N3O2/c1-6-4-7-11(10(18)5-6)15(20)13-9(17)3-2-8(16)12(13)14(7)19/h2-5H,16-18H2,1H3. The Morgan fingerprint density at radius 2 is 1.30 bits per heavy atom. The normalized spacial score (nSPS) is 13.1. The third-order valence-corrected chi connectivity index (χ3v) is 3.51. The number of benzene rings is 2.